The molecule has 10 heteroatoms. The summed E-state index contributed by atoms with van der Waals surface area (Å²) in [6.07, 6.45) is 6.29. The van der Waals surface area contributed by atoms with Crippen LogP contribution in [0, 0.1) is 45.3 Å². The molecule has 2 aromatic rings. The number of amides is 2. The molecule has 5 aliphatic rings. The summed E-state index contributed by atoms with van der Waals surface area (Å²) in [6, 6.07) is 11.5. The molecule has 2 aliphatic carbocycles. The van der Waals surface area contributed by atoms with Crippen LogP contribution in [-0.4, -0.2) is 81.7 Å². The van der Waals surface area contributed by atoms with Gasteiger partial charge in [0.25, 0.3) is 5.91 Å². The van der Waals surface area contributed by atoms with Crippen molar-refractivity contribution in [1.82, 2.24) is 19.7 Å². The van der Waals surface area contributed by atoms with E-state index in [1.54, 1.807) is 18.2 Å². The minimum atomic E-state index is -0.468. The average molecular weight is 726 g/mol. The number of rotatable bonds is 4. The van der Waals surface area contributed by atoms with E-state index in [2.05, 4.69) is 50.5 Å². The van der Waals surface area contributed by atoms with Crippen molar-refractivity contribution >= 4 is 23.6 Å². The first-order chi connectivity index (χ1) is 24.5. The molecule has 2 saturated heterocycles. The maximum absolute atomic E-state index is 13.8. The van der Waals surface area contributed by atoms with Crippen molar-refractivity contribution in [2.24, 2.45) is 22.2 Å². The van der Waals surface area contributed by atoms with Crippen molar-refractivity contribution < 1.29 is 19.1 Å². The Kier molecular flexibility index (Phi) is 9.32. The Morgan fingerprint density at radius 2 is 1.71 bits per heavy atom. The molecule has 3 aliphatic heterocycles. The average Bonchev–Trinajstić information content (AvgIpc) is 3.79. The van der Waals surface area contributed by atoms with E-state index >= 15 is 0 Å². The number of carbonyl (C=O) groups is 2. The molecule has 1 aromatic heterocycles. The van der Waals surface area contributed by atoms with Crippen LogP contribution in [0.5, 0.6) is 5.75 Å². The Balaban J connectivity index is 0.930. The van der Waals surface area contributed by atoms with Crippen molar-refractivity contribution in [2.45, 2.75) is 117 Å². The normalized spacial score (nSPS) is 29.2. The van der Waals surface area contributed by atoms with Crippen LogP contribution in [0.25, 0.3) is 0 Å². The van der Waals surface area contributed by atoms with Crippen molar-refractivity contribution in [3.8, 4) is 23.7 Å². The molecular weight excluding hydrogens is 674 g/mol. The van der Waals surface area contributed by atoms with E-state index in [1.165, 1.54) is 0 Å². The van der Waals surface area contributed by atoms with Gasteiger partial charge < -0.3 is 19.3 Å². The molecule has 0 N–H and O–H groups in total. The molecule has 2 amide bonds. The zero-order valence-corrected chi connectivity index (χ0v) is 32.5. The highest BCUT2D eigenvalue weighted by molar-refractivity contribution is 6.31. The first-order valence-electron chi connectivity index (χ1n) is 18.9. The number of hydrogen-bond donors (Lipinski definition) is 0. The third-order valence-electron chi connectivity index (χ3n) is 12.3. The van der Waals surface area contributed by atoms with Gasteiger partial charge in [0.1, 0.15) is 29.2 Å². The van der Waals surface area contributed by atoms with E-state index < -0.39 is 5.60 Å². The van der Waals surface area contributed by atoms with Gasteiger partial charge in [-0.2, -0.15) is 5.26 Å². The Hall–Kier alpha value is -3.79. The van der Waals surface area contributed by atoms with Crippen LogP contribution in [0.3, 0.4) is 0 Å². The van der Waals surface area contributed by atoms with Gasteiger partial charge in [0, 0.05) is 59.9 Å². The summed E-state index contributed by atoms with van der Waals surface area (Å²) in [4.78, 5) is 37.9. The third kappa shape index (κ3) is 6.76. The molecule has 0 bridgehead atoms. The van der Waals surface area contributed by atoms with E-state index in [-0.39, 0.29) is 40.4 Å². The fourth-order valence-corrected chi connectivity index (χ4v) is 10.5. The number of pyridine rings is 1. The molecule has 1 atom stereocenters. The molecule has 52 heavy (non-hydrogen) atoms. The fraction of sp³-hybridized carbons (Fsp3) is 0.619. The van der Waals surface area contributed by atoms with Gasteiger partial charge in [-0.3, -0.25) is 9.69 Å². The number of benzene rings is 1. The summed E-state index contributed by atoms with van der Waals surface area (Å²) in [5.74, 6) is 7.85. The lowest BCUT2D eigenvalue weighted by Gasteiger charge is -2.65. The topological polar surface area (TPSA) is 99.0 Å². The molecule has 0 radical (unpaired) electrons. The zero-order chi connectivity index (χ0) is 37.2. The summed E-state index contributed by atoms with van der Waals surface area (Å²) in [7, 11) is 0. The summed E-state index contributed by atoms with van der Waals surface area (Å²) in [5, 5.41) is 9.61. The van der Waals surface area contributed by atoms with E-state index in [0.29, 0.717) is 40.4 Å². The molecule has 1 spiro atoms. The molecule has 276 valence electrons. The second-order valence-corrected chi connectivity index (χ2v) is 18.5. The molecule has 1 unspecified atom stereocenters. The minimum absolute atomic E-state index is 0.00481. The summed E-state index contributed by atoms with van der Waals surface area (Å²) in [5.41, 5.74) is 1.63. The Morgan fingerprint density at radius 3 is 2.38 bits per heavy atom. The predicted molar refractivity (Wildman–Crippen MR) is 200 cm³/mol. The van der Waals surface area contributed by atoms with Crippen molar-refractivity contribution in [3.05, 3.63) is 57.9 Å². The van der Waals surface area contributed by atoms with Crippen LogP contribution >= 0.6 is 11.6 Å². The highest BCUT2D eigenvalue weighted by Gasteiger charge is 2.67. The number of aromatic nitrogens is 1. The van der Waals surface area contributed by atoms with E-state index in [4.69, 9.17) is 26.1 Å². The van der Waals surface area contributed by atoms with Crippen LogP contribution in [0.2, 0.25) is 5.02 Å². The number of carbonyl (C=O) groups excluding carboxylic acids is 2. The lowest BCUT2D eigenvalue weighted by atomic mass is 9.49. The Labute approximate surface area is 314 Å². The van der Waals surface area contributed by atoms with Crippen LogP contribution < -0.4 is 4.74 Å². The zero-order valence-electron chi connectivity index (χ0n) is 31.7. The van der Waals surface area contributed by atoms with Gasteiger partial charge in [-0.15, -0.1) is 0 Å². The maximum atomic E-state index is 13.8. The highest BCUT2D eigenvalue weighted by atomic mass is 35.5. The molecular formula is C42H52ClN5O4. The fourth-order valence-electron chi connectivity index (χ4n) is 10.3. The first-order valence-corrected chi connectivity index (χ1v) is 19.3. The van der Waals surface area contributed by atoms with Gasteiger partial charge in [0.2, 0.25) is 0 Å². The highest BCUT2D eigenvalue weighted by Crippen LogP contribution is 2.59. The Morgan fingerprint density at radius 1 is 1.00 bits per heavy atom. The van der Waals surface area contributed by atoms with Crippen LogP contribution in [0.1, 0.15) is 114 Å². The second kappa shape index (κ2) is 13.3. The number of nitriles is 1. The predicted octanol–water partition coefficient (Wildman–Crippen LogP) is 7.69. The minimum Gasteiger partial charge on any atom is -0.489 e. The number of likely N-dealkylation sites (tertiary alicyclic amines) is 2. The SMILES string of the molecule is CC(C)(C)OC(=O)N1CCC2(CCN(C3CCC(C#Cc4ccc5c(n4)CN(C4C(C)(C)C(Oc6ccc(C#N)c(Cl)c6)C4(C)C)C5=O)CC3)C2)C1. The van der Waals surface area contributed by atoms with Gasteiger partial charge in [-0.05, 0) is 96.0 Å². The molecule has 7 rings (SSSR count). The number of halogens is 1. The second-order valence-electron chi connectivity index (χ2n) is 18.1. The third-order valence-corrected chi connectivity index (χ3v) is 12.7. The van der Waals surface area contributed by atoms with E-state index in [0.717, 1.165) is 76.1 Å². The lowest BCUT2D eigenvalue weighted by Crippen LogP contribution is -2.74. The van der Waals surface area contributed by atoms with Crippen molar-refractivity contribution in [3.63, 3.8) is 0 Å². The smallest absolute Gasteiger partial charge is 0.410 e. The van der Waals surface area contributed by atoms with E-state index in [1.807, 2.05) is 42.7 Å². The Bertz CT molecular complexity index is 1840. The maximum Gasteiger partial charge on any atom is 0.410 e. The summed E-state index contributed by atoms with van der Waals surface area (Å²) < 4.78 is 12.1. The van der Waals surface area contributed by atoms with Crippen molar-refractivity contribution in [1.29, 1.82) is 5.26 Å². The lowest BCUT2D eigenvalue weighted by molar-refractivity contribution is -0.199. The van der Waals surface area contributed by atoms with Gasteiger partial charge in [0.05, 0.1) is 28.4 Å². The number of hydrogen-bond acceptors (Lipinski definition) is 7. The first kappa shape index (κ1) is 36.6. The van der Waals surface area contributed by atoms with Gasteiger partial charge in [-0.1, -0.05) is 45.2 Å². The molecule has 4 fully saturated rings. The molecule has 2 saturated carbocycles. The van der Waals surface area contributed by atoms with Gasteiger partial charge >= 0.3 is 6.09 Å². The molecule has 9 nitrogen and oxygen atoms in total. The summed E-state index contributed by atoms with van der Waals surface area (Å²) >= 11 is 6.29. The number of fused-ring (bicyclic) bond motifs is 1. The summed E-state index contributed by atoms with van der Waals surface area (Å²) in [6.45, 7) is 18.6. The monoisotopic (exact) mass is 725 g/mol. The number of ether oxygens (including phenoxy) is 2. The van der Waals surface area contributed by atoms with E-state index in [9.17, 15) is 14.9 Å². The van der Waals surface area contributed by atoms with Crippen LogP contribution in [0.4, 0.5) is 4.79 Å². The van der Waals surface area contributed by atoms with Gasteiger partial charge in [0.15, 0.2) is 0 Å². The molecule has 4 heterocycles. The van der Waals surface area contributed by atoms with Crippen LogP contribution in [-0.2, 0) is 11.3 Å². The molecule has 1 aromatic carbocycles. The van der Waals surface area contributed by atoms with Crippen molar-refractivity contribution in [2.75, 3.05) is 26.2 Å². The standard InChI is InChI=1S/C42H52ClN5O4/c1-39(2,3)52-38(50)47-21-19-42(26-47)18-20-46(25-42)30-14-9-27(10-15-30)8-12-29-13-17-32-34(45-29)24-48(35(32)49)36-40(4,5)37(41(36,6)7)51-31-16-11-28(23-44)33(43)22-31/h11,13,16-17,22,27,30,36-37H,9-10,14-15,18-21,24-26H2,1-7H3. The quantitative estimate of drug-likeness (QED) is 0.298. The number of nitrogens with zero attached hydrogens (tertiary/aromatic N) is 5. The van der Waals surface area contributed by atoms with Gasteiger partial charge in [-0.25, -0.2) is 9.78 Å². The van der Waals surface area contributed by atoms with Crippen LogP contribution in [0.15, 0.2) is 30.3 Å². The largest absolute Gasteiger partial charge is 0.489 e.